The maximum Gasteiger partial charge on any atom is 0.234 e. The zero-order chi connectivity index (χ0) is 10.1. The molecular formula is C9H6ClFN2S. The lowest BCUT2D eigenvalue weighted by Gasteiger charge is -2.00. The second-order valence-electron chi connectivity index (χ2n) is 2.83. The largest absolute Gasteiger partial charge is 0.234 e. The second kappa shape index (κ2) is 3.63. The molecule has 1 aromatic heterocycles. The summed E-state index contributed by atoms with van der Waals surface area (Å²) in [5.41, 5.74) is 1.70. The Hall–Kier alpha value is -1.00. The molecule has 0 aliphatic carbocycles. The molecule has 72 valence electrons. The van der Waals surface area contributed by atoms with Crippen molar-refractivity contribution in [2.45, 2.75) is 6.92 Å². The van der Waals surface area contributed by atoms with Crippen LogP contribution in [0.15, 0.2) is 18.2 Å². The highest BCUT2D eigenvalue weighted by Gasteiger charge is 2.08. The first-order valence-electron chi connectivity index (χ1n) is 3.92. The van der Waals surface area contributed by atoms with Crippen LogP contribution in [-0.4, -0.2) is 9.36 Å². The second-order valence-corrected chi connectivity index (χ2v) is 3.92. The van der Waals surface area contributed by atoms with Crippen molar-refractivity contribution in [1.29, 1.82) is 0 Å². The van der Waals surface area contributed by atoms with Gasteiger partial charge in [-0.1, -0.05) is 6.07 Å². The van der Waals surface area contributed by atoms with Gasteiger partial charge in [0.25, 0.3) is 0 Å². The molecule has 0 N–H and O–H groups in total. The van der Waals surface area contributed by atoms with Crippen LogP contribution < -0.4 is 0 Å². The fourth-order valence-corrected chi connectivity index (χ4v) is 2.03. The van der Waals surface area contributed by atoms with Crippen molar-refractivity contribution in [1.82, 2.24) is 9.36 Å². The number of hydrogen-bond acceptors (Lipinski definition) is 3. The molecule has 0 bridgehead atoms. The van der Waals surface area contributed by atoms with Gasteiger partial charge in [0.15, 0.2) is 0 Å². The molecule has 0 fully saturated rings. The summed E-state index contributed by atoms with van der Waals surface area (Å²) in [6.45, 7) is 1.89. The Morgan fingerprint density at radius 3 is 2.86 bits per heavy atom. The maximum atomic E-state index is 13.0. The Morgan fingerprint density at radius 1 is 1.43 bits per heavy atom. The van der Waals surface area contributed by atoms with E-state index in [1.165, 1.54) is 23.7 Å². The fraction of sp³-hybridized carbons (Fsp3) is 0.111. The van der Waals surface area contributed by atoms with Gasteiger partial charge in [0, 0.05) is 5.56 Å². The van der Waals surface area contributed by atoms with Gasteiger partial charge in [-0.3, -0.25) is 0 Å². The molecule has 0 amide bonds. The van der Waals surface area contributed by atoms with Crippen molar-refractivity contribution < 1.29 is 4.39 Å². The van der Waals surface area contributed by atoms with Crippen molar-refractivity contribution >= 4 is 23.1 Å². The first-order valence-corrected chi connectivity index (χ1v) is 5.07. The van der Waals surface area contributed by atoms with Crippen LogP contribution in [-0.2, 0) is 0 Å². The first kappa shape index (κ1) is 9.55. The van der Waals surface area contributed by atoms with Gasteiger partial charge in [0.05, 0.1) is 0 Å². The van der Waals surface area contributed by atoms with Crippen molar-refractivity contribution in [3.8, 4) is 10.6 Å². The summed E-state index contributed by atoms with van der Waals surface area (Å²) in [4.78, 5) is 3.99. The molecule has 5 heteroatoms. The minimum Gasteiger partial charge on any atom is -0.207 e. The van der Waals surface area contributed by atoms with Gasteiger partial charge < -0.3 is 0 Å². The van der Waals surface area contributed by atoms with Crippen LogP contribution in [0.2, 0.25) is 5.28 Å². The molecule has 0 aliphatic rings. The Labute approximate surface area is 89.5 Å². The third-order valence-electron chi connectivity index (χ3n) is 1.83. The van der Waals surface area contributed by atoms with E-state index in [0.717, 1.165) is 11.1 Å². The molecule has 2 nitrogen and oxygen atoms in total. The number of benzene rings is 1. The molecule has 0 radical (unpaired) electrons. The molecule has 0 spiro atoms. The Bertz CT molecular complexity index is 470. The number of halogens is 2. The van der Waals surface area contributed by atoms with Gasteiger partial charge in [0.1, 0.15) is 10.8 Å². The zero-order valence-electron chi connectivity index (χ0n) is 7.29. The monoisotopic (exact) mass is 228 g/mol. The molecular weight excluding hydrogens is 223 g/mol. The molecule has 0 unspecified atom stereocenters. The summed E-state index contributed by atoms with van der Waals surface area (Å²) in [7, 11) is 0. The molecule has 0 saturated carbocycles. The Kier molecular flexibility index (Phi) is 2.48. The topological polar surface area (TPSA) is 25.8 Å². The number of nitrogens with zero attached hydrogens (tertiary/aromatic N) is 2. The van der Waals surface area contributed by atoms with E-state index >= 15 is 0 Å². The minimum absolute atomic E-state index is 0.202. The highest BCUT2D eigenvalue weighted by Crippen LogP contribution is 2.26. The van der Waals surface area contributed by atoms with E-state index in [1.54, 1.807) is 6.07 Å². The summed E-state index contributed by atoms with van der Waals surface area (Å²) >= 11 is 6.76. The van der Waals surface area contributed by atoms with E-state index in [2.05, 4.69) is 9.36 Å². The number of aromatic nitrogens is 2. The fourth-order valence-electron chi connectivity index (χ4n) is 1.14. The molecule has 14 heavy (non-hydrogen) atoms. The van der Waals surface area contributed by atoms with Crippen LogP contribution >= 0.6 is 23.1 Å². The highest BCUT2D eigenvalue weighted by atomic mass is 35.5. The molecule has 0 saturated heterocycles. The third-order valence-corrected chi connectivity index (χ3v) is 2.85. The van der Waals surface area contributed by atoms with Gasteiger partial charge in [0.2, 0.25) is 5.28 Å². The van der Waals surface area contributed by atoms with E-state index in [9.17, 15) is 4.39 Å². The molecule has 1 aromatic carbocycles. The maximum absolute atomic E-state index is 13.0. The van der Waals surface area contributed by atoms with Gasteiger partial charge >= 0.3 is 0 Å². The predicted octanol–water partition coefficient (Wildman–Crippen LogP) is 3.31. The van der Waals surface area contributed by atoms with Crippen LogP contribution in [0.4, 0.5) is 4.39 Å². The van der Waals surface area contributed by atoms with E-state index in [1.807, 2.05) is 6.92 Å². The molecule has 1 heterocycles. The van der Waals surface area contributed by atoms with E-state index in [0.29, 0.717) is 5.01 Å². The summed E-state index contributed by atoms with van der Waals surface area (Å²) in [6.07, 6.45) is 0. The quantitative estimate of drug-likeness (QED) is 0.749. The standard InChI is InChI=1S/C9H6ClFN2S/c1-5-2-3-6(11)4-7(5)8-12-9(10)13-14-8/h2-4H,1H3. The van der Waals surface area contributed by atoms with Crippen LogP contribution in [0.3, 0.4) is 0 Å². The summed E-state index contributed by atoms with van der Waals surface area (Å²) < 4.78 is 16.8. The summed E-state index contributed by atoms with van der Waals surface area (Å²) in [5, 5.41) is 0.848. The van der Waals surface area contributed by atoms with Gasteiger partial charge in [-0.05, 0) is 47.8 Å². The van der Waals surface area contributed by atoms with Crippen molar-refractivity contribution in [2.75, 3.05) is 0 Å². The normalized spacial score (nSPS) is 10.5. The Morgan fingerprint density at radius 2 is 2.21 bits per heavy atom. The SMILES string of the molecule is Cc1ccc(F)cc1-c1nc(Cl)ns1. The lowest BCUT2D eigenvalue weighted by atomic mass is 10.1. The average Bonchev–Trinajstić information content (AvgIpc) is 2.56. The molecule has 2 aromatic rings. The molecule has 0 atom stereocenters. The van der Waals surface area contributed by atoms with Crippen molar-refractivity contribution in [2.24, 2.45) is 0 Å². The highest BCUT2D eigenvalue weighted by molar-refractivity contribution is 7.09. The molecule has 0 aliphatic heterocycles. The minimum atomic E-state index is -0.281. The van der Waals surface area contributed by atoms with Crippen molar-refractivity contribution in [3.05, 3.63) is 34.9 Å². The van der Waals surface area contributed by atoms with E-state index in [4.69, 9.17) is 11.6 Å². The van der Waals surface area contributed by atoms with Gasteiger partial charge in [-0.2, -0.15) is 4.37 Å². The third kappa shape index (κ3) is 1.76. The number of rotatable bonds is 1. The van der Waals surface area contributed by atoms with Crippen LogP contribution in [0.1, 0.15) is 5.56 Å². The summed E-state index contributed by atoms with van der Waals surface area (Å²) in [5.74, 6) is -0.281. The lowest BCUT2D eigenvalue weighted by molar-refractivity contribution is 0.628. The van der Waals surface area contributed by atoms with E-state index < -0.39 is 0 Å². The zero-order valence-corrected chi connectivity index (χ0v) is 8.86. The predicted molar refractivity (Wildman–Crippen MR) is 55.1 cm³/mol. The first-order chi connectivity index (χ1) is 6.66. The van der Waals surface area contributed by atoms with Gasteiger partial charge in [-0.25, -0.2) is 9.37 Å². The van der Waals surface area contributed by atoms with Gasteiger partial charge in [-0.15, -0.1) is 0 Å². The smallest absolute Gasteiger partial charge is 0.207 e. The van der Waals surface area contributed by atoms with Crippen LogP contribution in [0, 0.1) is 12.7 Å². The lowest BCUT2D eigenvalue weighted by Crippen LogP contribution is -1.84. The summed E-state index contributed by atoms with van der Waals surface area (Å²) in [6, 6.07) is 4.56. The van der Waals surface area contributed by atoms with Crippen molar-refractivity contribution in [3.63, 3.8) is 0 Å². The number of aryl methyl sites for hydroxylation is 1. The van der Waals surface area contributed by atoms with Crippen LogP contribution in [0.25, 0.3) is 10.6 Å². The average molecular weight is 229 g/mol. The van der Waals surface area contributed by atoms with Crippen LogP contribution in [0.5, 0.6) is 0 Å². The Balaban J connectivity index is 2.55. The number of hydrogen-bond donors (Lipinski definition) is 0. The molecule has 2 rings (SSSR count). The van der Waals surface area contributed by atoms with E-state index in [-0.39, 0.29) is 11.1 Å².